The number of morpholine rings is 1. The largest absolute Gasteiger partial charge is 0.374 e. The molecule has 1 aromatic carbocycles. The monoisotopic (exact) mass is 375 g/mol. The highest BCUT2D eigenvalue weighted by molar-refractivity contribution is 9.10. The van der Waals surface area contributed by atoms with Crippen LogP contribution in [0.25, 0.3) is 0 Å². The van der Waals surface area contributed by atoms with Gasteiger partial charge in [-0.3, -0.25) is 9.69 Å². The van der Waals surface area contributed by atoms with Crippen molar-refractivity contribution in [1.82, 2.24) is 4.90 Å². The first kappa shape index (κ1) is 16.7. The quantitative estimate of drug-likeness (QED) is 0.844. The second kappa shape index (κ2) is 7.56. The van der Waals surface area contributed by atoms with Gasteiger partial charge in [0.1, 0.15) is 0 Å². The third kappa shape index (κ3) is 4.93. The molecule has 0 bridgehead atoms. The second-order valence-electron chi connectivity index (χ2n) is 5.18. The first-order valence-corrected chi connectivity index (χ1v) is 7.97. The first-order chi connectivity index (χ1) is 9.95. The lowest BCUT2D eigenvalue weighted by Gasteiger charge is -2.34. The second-order valence-corrected chi connectivity index (χ2v) is 6.50. The van der Waals surface area contributed by atoms with Crippen LogP contribution in [0.3, 0.4) is 0 Å². The Bertz CT molecular complexity index is 513. The maximum atomic E-state index is 12.1. The zero-order valence-corrected chi connectivity index (χ0v) is 14.2. The topological polar surface area (TPSA) is 67.6 Å². The molecule has 1 aliphatic rings. The predicted molar refractivity (Wildman–Crippen MR) is 87.6 cm³/mol. The van der Waals surface area contributed by atoms with Gasteiger partial charge in [0.2, 0.25) is 5.91 Å². The molecule has 0 saturated carbocycles. The van der Waals surface area contributed by atoms with E-state index in [1.807, 2.05) is 17.9 Å². The Balaban J connectivity index is 1.89. The number of carbonyl (C=O) groups is 1. The van der Waals surface area contributed by atoms with Crippen LogP contribution < -0.4 is 11.1 Å². The number of nitrogens with zero attached hydrogens (tertiary/aromatic N) is 1. The molecule has 0 aliphatic carbocycles. The van der Waals surface area contributed by atoms with Gasteiger partial charge in [-0.25, -0.2) is 0 Å². The molecule has 0 spiro atoms. The van der Waals surface area contributed by atoms with E-state index in [0.717, 1.165) is 11.0 Å². The summed E-state index contributed by atoms with van der Waals surface area (Å²) < 4.78 is 6.45. The number of benzene rings is 1. The Labute approximate surface area is 137 Å². The minimum absolute atomic E-state index is 0.0252. The van der Waals surface area contributed by atoms with Gasteiger partial charge in [0.05, 0.1) is 30.0 Å². The van der Waals surface area contributed by atoms with E-state index < -0.39 is 0 Å². The van der Waals surface area contributed by atoms with Crippen molar-refractivity contribution in [1.29, 1.82) is 0 Å². The summed E-state index contributed by atoms with van der Waals surface area (Å²) in [5, 5.41) is 3.33. The van der Waals surface area contributed by atoms with Gasteiger partial charge in [-0.05, 0) is 25.1 Å². The van der Waals surface area contributed by atoms with E-state index >= 15 is 0 Å². The van der Waals surface area contributed by atoms with Crippen LogP contribution in [0.2, 0.25) is 5.02 Å². The molecule has 0 aromatic heterocycles. The van der Waals surface area contributed by atoms with E-state index in [4.69, 9.17) is 22.1 Å². The first-order valence-electron chi connectivity index (χ1n) is 6.80. The normalized spacial score (nSPS) is 21.0. The van der Waals surface area contributed by atoms with Crippen LogP contribution >= 0.6 is 27.5 Å². The van der Waals surface area contributed by atoms with Gasteiger partial charge in [0.15, 0.2) is 0 Å². The van der Waals surface area contributed by atoms with E-state index in [1.165, 1.54) is 0 Å². The number of nitrogens with two attached hydrogens (primary N) is 1. The van der Waals surface area contributed by atoms with Gasteiger partial charge in [-0.1, -0.05) is 27.5 Å². The fourth-order valence-electron chi connectivity index (χ4n) is 2.18. The molecular formula is C14H19BrClN3O2. The summed E-state index contributed by atoms with van der Waals surface area (Å²) in [5.74, 6) is -0.0930. The number of hydrogen-bond acceptors (Lipinski definition) is 4. The van der Waals surface area contributed by atoms with Crippen molar-refractivity contribution in [3.63, 3.8) is 0 Å². The Hall–Kier alpha value is -0.660. The fourth-order valence-corrected chi connectivity index (χ4v) is 2.90. The fraction of sp³-hybridized carbons (Fsp3) is 0.500. The maximum absolute atomic E-state index is 12.1. The third-order valence-electron chi connectivity index (χ3n) is 3.34. The van der Waals surface area contributed by atoms with Crippen molar-refractivity contribution < 1.29 is 9.53 Å². The van der Waals surface area contributed by atoms with Crippen LogP contribution in [-0.4, -0.2) is 49.2 Å². The minimum Gasteiger partial charge on any atom is -0.374 e. The van der Waals surface area contributed by atoms with E-state index in [2.05, 4.69) is 21.2 Å². The van der Waals surface area contributed by atoms with Crippen LogP contribution in [0.15, 0.2) is 22.7 Å². The molecule has 1 aromatic rings. The maximum Gasteiger partial charge on any atom is 0.238 e. The van der Waals surface area contributed by atoms with Crippen molar-refractivity contribution in [2.45, 2.75) is 19.1 Å². The lowest BCUT2D eigenvalue weighted by molar-refractivity contribution is -0.119. The Morgan fingerprint density at radius 2 is 2.43 bits per heavy atom. The molecule has 2 atom stereocenters. The zero-order valence-electron chi connectivity index (χ0n) is 11.8. The van der Waals surface area contributed by atoms with E-state index in [9.17, 15) is 4.79 Å². The number of hydrogen-bond donors (Lipinski definition) is 2. The van der Waals surface area contributed by atoms with Gasteiger partial charge in [-0.2, -0.15) is 0 Å². The van der Waals surface area contributed by atoms with Gasteiger partial charge < -0.3 is 15.8 Å². The number of nitrogens with one attached hydrogen (secondary N) is 1. The standard InChI is InChI=1S/C14H19BrClN3O2/c1-9(17)13-7-19(4-5-21-13)8-14(20)18-12-3-2-10(15)6-11(12)16/h2-3,6,9,13H,4-5,7-8,17H2,1H3,(H,18,20). The molecule has 1 fully saturated rings. The smallest absolute Gasteiger partial charge is 0.238 e. The molecule has 2 rings (SSSR count). The number of ether oxygens (including phenoxy) is 1. The average molecular weight is 377 g/mol. The average Bonchev–Trinajstić information content (AvgIpc) is 2.42. The number of rotatable bonds is 4. The van der Waals surface area contributed by atoms with Crippen LogP contribution in [-0.2, 0) is 9.53 Å². The number of anilines is 1. The van der Waals surface area contributed by atoms with Crippen LogP contribution in [0.5, 0.6) is 0 Å². The molecule has 1 heterocycles. The number of halogens is 2. The van der Waals surface area contributed by atoms with Gasteiger partial charge in [-0.15, -0.1) is 0 Å². The van der Waals surface area contributed by atoms with Crippen molar-refractivity contribution in [2.24, 2.45) is 5.73 Å². The SMILES string of the molecule is CC(N)C1CN(CC(=O)Nc2ccc(Br)cc2Cl)CCO1. The highest BCUT2D eigenvalue weighted by atomic mass is 79.9. The van der Waals surface area contributed by atoms with Crippen molar-refractivity contribution in [3.05, 3.63) is 27.7 Å². The molecule has 2 unspecified atom stereocenters. The lowest BCUT2D eigenvalue weighted by atomic mass is 10.1. The summed E-state index contributed by atoms with van der Waals surface area (Å²) in [6, 6.07) is 5.31. The van der Waals surface area contributed by atoms with Crippen molar-refractivity contribution in [2.75, 3.05) is 31.6 Å². The molecular weight excluding hydrogens is 358 g/mol. The molecule has 21 heavy (non-hydrogen) atoms. The Kier molecular flexibility index (Phi) is 6.01. The van der Waals surface area contributed by atoms with Crippen LogP contribution in [0, 0.1) is 0 Å². The summed E-state index contributed by atoms with van der Waals surface area (Å²) in [7, 11) is 0. The van der Waals surface area contributed by atoms with Crippen molar-refractivity contribution in [3.8, 4) is 0 Å². The minimum atomic E-state index is -0.0930. The summed E-state index contributed by atoms with van der Waals surface area (Å²) in [6.45, 7) is 4.21. The molecule has 0 radical (unpaired) electrons. The van der Waals surface area contributed by atoms with Gasteiger partial charge in [0, 0.05) is 23.6 Å². The van der Waals surface area contributed by atoms with E-state index in [0.29, 0.717) is 30.4 Å². The number of amides is 1. The van der Waals surface area contributed by atoms with Crippen LogP contribution in [0.4, 0.5) is 5.69 Å². The summed E-state index contributed by atoms with van der Waals surface area (Å²) in [4.78, 5) is 14.1. The molecule has 1 saturated heterocycles. The molecule has 7 heteroatoms. The summed E-state index contributed by atoms with van der Waals surface area (Å²) in [6.07, 6.45) is -0.0252. The van der Waals surface area contributed by atoms with E-state index in [1.54, 1.807) is 12.1 Å². The van der Waals surface area contributed by atoms with Gasteiger partial charge in [0.25, 0.3) is 0 Å². The van der Waals surface area contributed by atoms with Gasteiger partial charge >= 0.3 is 0 Å². The molecule has 3 N–H and O–H groups in total. The predicted octanol–water partition coefficient (Wildman–Crippen LogP) is 2.09. The Morgan fingerprint density at radius 1 is 1.67 bits per heavy atom. The molecule has 1 aliphatic heterocycles. The molecule has 5 nitrogen and oxygen atoms in total. The van der Waals surface area contributed by atoms with Crippen molar-refractivity contribution >= 4 is 39.1 Å². The molecule has 1 amide bonds. The zero-order chi connectivity index (χ0) is 15.4. The molecule has 116 valence electrons. The number of carbonyl (C=O) groups excluding carboxylic acids is 1. The lowest BCUT2D eigenvalue weighted by Crippen LogP contribution is -2.51. The highest BCUT2D eigenvalue weighted by Gasteiger charge is 2.24. The third-order valence-corrected chi connectivity index (χ3v) is 4.14. The Morgan fingerprint density at radius 3 is 3.10 bits per heavy atom. The van der Waals surface area contributed by atoms with Crippen LogP contribution in [0.1, 0.15) is 6.92 Å². The highest BCUT2D eigenvalue weighted by Crippen LogP contribution is 2.25. The summed E-state index contributed by atoms with van der Waals surface area (Å²) in [5.41, 5.74) is 6.46. The van der Waals surface area contributed by atoms with E-state index in [-0.39, 0.29) is 18.1 Å². The summed E-state index contributed by atoms with van der Waals surface area (Å²) >= 11 is 9.42.